The van der Waals surface area contributed by atoms with Crippen LogP contribution >= 0.6 is 0 Å². The van der Waals surface area contributed by atoms with Gasteiger partial charge < -0.3 is 20.7 Å². The van der Waals surface area contributed by atoms with E-state index in [1.807, 2.05) is 13.8 Å². The van der Waals surface area contributed by atoms with Gasteiger partial charge in [-0.25, -0.2) is 0 Å². The molecule has 90 valence electrons. The molecule has 1 rings (SSSR count). The molecule has 0 aliphatic heterocycles. The normalized spacial score (nSPS) is 14.9. The summed E-state index contributed by atoms with van der Waals surface area (Å²) in [6.45, 7) is 3.76. The molecule has 1 aromatic rings. The first kappa shape index (κ1) is 12.8. The van der Waals surface area contributed by atoms with Crippen molar-refractivity contribution < 1.29 is 14.9 Å². The third-order valence-corrected chi connectivity index (χ3v) is 2.65. The summed E-state index contributed by atoms with van der Waals surface area (Å²) in [5, 5.41) is 19.6. The van der Waals surface area contributed by atoms with Crippen LogP contribution in [0.1, 0.15) is 25.5 Å². The van der Waals surface area contributed by atoms with Gasteiger partial charge in [0, 0.05) is 11.6 Å². The standard InChI is InChI=1S/C12H19NO3/c1-7(2)12(15)11(13)9-5-4-8(16-3)6-10(9)14/h4-7,11-12,14-15H,13H2,1-3H3/t11-,12+/m0/s1. The molecule has 0 saturated carbocycles. The van der Waals surface area contributed by atoms with Gasteiger partial charge in [-0.3, -0.25) is 0 Å². The second-order valence-corrected chi connectivity index (χ2v) is 4.19. The van der Waals surface area contributed by atoms with Crippen molar-refractivity contribution >= 4 is 0 Å². The number of aliphatic hydroxyl groups excluding tert-OH is 1. The van der Waals surface area contributed by atoms with E-state index in [4.69, 9.17) is 10.5 Å². The van der Waals surface area contributed by atoms with Crippen molar-refractivity contribution in [2.45, 2.75) is 26.0 Å². The van der Waals surface area contributed by atoms with Gasteiger partial charge in [-0.05, 0) is 18.1 Å². The van der Waals surface area contributed by atoms with Gasteiger partial charge in [0.1, 0.15) is 11.5 Å². The monoisotopic (exact) mass is 225 g/mol. The topological polar surface area (TPSA) is 75.7 Å². The van der Waals surface area contributed by atoms with Gasteiger partial charge in [0.25, 0.3) is 0 Å². The molecule has 4 nitrogen and oxygen atoms in total. The number of benzene rings is 1. The fraction of sp³-hybridized carbons (Fsp3) is 0.500. The van der Waals surface area contributed by atoms with Gasteiger partial charge in [-0.15, -0.1) is 0 Å². The lowest BCUT2D eigenvalue weighted by Gasteiger charge is -2.23. The van der Waals surface area contributed by atoms with Crippen LogP contribution in [0.2, 0.25) is 0 Å². The van der Waals surface area contributed by atoms with Gasteiger partial charge in [-0.1, -0.05) is 13.8 Å². The molecule has 0 aliphatic carbocycles. The molecule has 0 aromatic heterocycles. The van der Waals surface area contributed by atoms with E-state index in [-0.39, 0.29) is 11.7 Å². The summed E-state index contributed by atoms with van der Waals surface area (Å²) in [5.41, 5.74) is 6.41. The number of methoxy groups -OCH3 is 1. The Hall–Kier alpha value is -1.26. The Bertz CT molecular complexity index is 352. The summed E-state index contributed by atoms with van der Waals surface area (Å²) in [6.07, 6.45) is -0.681. The quantitative estimate of drug-likeness (QED) is 0.724. The number of rotatable bonds is 4. The first-order chi connectivity index (χ1) is 7.47. The SMILES string of the molecule is COc1ccc([C@H](N)[C@H](O)C(C)C)c(O)c1. The molecular formula is C12H19NO3. The van der Waals surface area contributed by atoms with Gasteiger partial charge in [0.2, 0.25) is 0 Å². The van der Waals surface area contributed by atoms with Crippen LogP contribution in [0.25, 0.3) is 0 Å². The summed E-state index contributed by atoms with van der Waals surface area (Å²) >= 11 is 0. The lowest BCUT2D eigenvalue weighted by Crippen LogP contribution is -2.30. The average molecular weight is 225 g/mol. The third-order valence-electron chi connectivity index (χ3n) is 2.65. The number of phenolic OH excluding ortho intramolecular Hbond substituents is 1. The Morgan fingerprint density at radius 1 is 1.31 bits per heavy atom. The average Bonchev–Trinajstić information content (AvgIpc) is 2.26. The predicted octanol–water partition coefficient (Wildman–Crippen LogP) is 1.42. The van der Waals surface area contributed by atoms with E-state index < -0.39 is 12.1 Å². The molecule has 0 saturated heterocycles. The second-order valence-electron chi connectivity index (χ2n) is 4.19. The van der Waals surface area contributed by atoms with Crippen LogP contribution < -0.4 is 10.5 Å². The highest BCUT2D eigenvalue weighted by Gasteiger charge is 2.22. The summed E-state index contributed by atoms with van der Waals surface area (Å²) in [6, 6.07) is 4.28. The smallest absolute Gasteiger partial charge is 0.124 e. The van der Waals surface area contributed by atoms with Crippen molar-refractivity contribution in [2.24, 2.45) is 11.7 Å². The number of aromatic hydroxyl groups is 1. The maximum atomic E-state index is 9.83. The van der Waals surface area contributed by atoms with E-state index in [0.29, 0.717) is 11.3 Å². The van der Waals surface area contributed by atoms with Crippen LogP contribution in [0.15, 0.2) is 18.2 Å². The van der Waals surface area contributed by atoms with Crippen LogP contribution in [-0.4, -0.2) is 23.4 Å². The van der Waals surface area contributed by atoms with Crippen LogP contribution in [-0.2, 0) is 0 Å². The minimum absolute atomic E-state index is 0.0384. The Balaban J connectivity index is 2.96. The minimum atomic E-state index is -0.681. The van der Waals surface area contributed by atoms with Crippen LogP contribution in [0.5, 0.6) is 11.5 Å². The fourth-order valence-corrected chi connectivity index (χ4v) is 1.53. The van der Waals surface area contributed by atoms with E-state index >= 15 is 0 Å². The van der Waals surface area contributed by atoms with Crippen molar-refractivity contribution in [2.75, 3.05) is 7.11 Å². The Labute approximate surface area is 95.7 Å². The molecule has 0 radical (unpaired) electrons. The summed E-state index contributed by atoms with van der Waals surface area (Å²) in [5.74, 6) is 0.649. The van der Waals surface area contributed by atoms with Crippen molar-refractivity contribution in [3.05, 3.63) is 23.8 Å². The highest BCUT2D eigenvalue weighted by atomic mass is 16.5. The maximum Gasteiger partial charge on any atom is 0.124 e. The van der Waals surface area contributed by atoms with Crippen LogP contribution in [0, 0.1) is 5.92 Å². The Morgan fingerprint density at radius 2 is 1.94 bits per heavy atom. The Kier molecular flexibility index (Phi) is 4.15. The van der Waals surface area contributed by atoms with Gasteiger partial charge in [0.15, 0.2) is 0 Å². The van der Waals surface area contributed by atoms with E-state index in [0.717, 1.165) is 0 Å². The number of aliphatic hydroxyl groups is 1. The van der Waals surface area contributed by atoms with Crippen molar-refractivity contribution in [3.8, 4) is 11.5 Å². The maximum absolute atomic E-state index is 9.83. The van der Waals surface area contributed by atoms with Crippen LogP contribution in [0.4, 0.5) is 0 Å². The zero-order valence-electron chi connectivity index (χ0n) is 9.84. The number of hydrogen-bond donors (Lipinski definition) is 3. The van der Waals surface area contributed by atoms with Gasteiger partial charge in [0.05, 0.1) is 19.3 Å². The van der Waals surface area contributed by atoms with E-state index in [1.165, 1.54) is 13.2 Å². The molecule has 0 heterocycles. The first-order valence-corrected chi connectivity index (χ1v) is 5.28. The van der Waals surface area contributed by atoms with E-state index in [2.05, 4.69) is 0 Å². The zero-order valence-corrected chi connectivity index (χ0v) is 9.84. The predicted molar refractivity (Wildman–Crippen MR) is 62.4 cm³/mol. The molecule has 0 bridgehead atoms. The summed E-state index contributed by atoms with van der Waals surface area (Å²) in [7, 11) is 1.53. The van der Waals surface area contributed by atoms with Crippen molar-refractivity contribution in [1.82, 2.24) is 0 Å². The summed E-state index contributed by atoms with van der Waals surface area (Å²) in [4.78, 5) is 0. The zero-order chi connectivity index (χ0) is 12.3. The number of hydrogen-bond acceptors (Lipinski definition) is 4. The highest BCUT2D eigenvalue weighted by Crippen LogP contribution is 2.30. The molecule has 16 heavy (non-hydrogen) atoms. The molecule has 0 fully saturated rings. The highest BCUT2D eigenvalue weighted by molar-refractivity contribution is 5.41. The molecule has 0 spiro atoms. The van der Waals surface area contributed by atoms with Crippen molar-refractivity contribution in [1.29, 1.82) is 0 Å². The summed E-state index contributed by atoms with van der Waals surface area (Å²) < 4.78 is 4.97. The number of phenols is 1. The lowest BCUT2D eigenvalue weighted by atomic mass is 9.94. The molecule has 1 aromatic carbocycles. The molecule has 0 aliphatic rings. The van der Waals surface area contributed by atoms with Gasteiger partial charge in [-0.2, -0.15) is 0 Å². The third kappa shape index (κ3) is 2.65. The van der Waals surface area contributed by atoms with E-state index in [9.17, 15) is 10.2 Å². The van der Waals surface area contributed by atoms with E-state index in [1.54, 1.807) is 12.1 Å². The molecule has 0 unspecified atom stereocenters. The van der Waals surface area contributed by atoms with Crippen LogP contribution in [0.3, 0.4) is 0 Å². The molecule has 0 amide bonds. The lowest BCUT2D eigenvalue weighted by molar-refractivity contribution is 0.0969. The Morgan fingerprint density at radius 3 is 2.38 bits per heavy atom. The molecule has 4 N–H and O–H groups in total. The first-order valence-electron chi connectivity index (χ1n) is 5.28. The second kappa shape index (κ2) is 5.18. The molecule has 2 atom stereocenters. The number of ether oxygens (including phenoxy) is 1. The minimum Gasteiger partial charge on any atom is -0.507 e. The van der Waals surface area contributed by atoms with Crippen molar-refractivity contribution in [3.63, 3.8) is 0 Å². The fourth-order valence-electron chi connectivity index (χ4n) is 1.53. The molecule has 4 heteroatoms. The number of nitrogens with two attached hydrogens (primary N) is 1. The molecular weight excluding hydrogens is 206 g/mol. The largest absolute Gasteiger partial charge is 0.507 e. The van der Waals surface area contributed by atoms with Gasteiger partial charge >= 0.3 is 0 Å².